The molecule has 0 radical (unpaired) electrons. The van der Waals surface area contributed by atoms with E-state index < -0.39 is 6.10 Å². The normalized spacial score (nSPS) is 29.4. The van der Waals surface area contributed by atoms with Crippen molar-refractivity contribution in [3.8, 4) is 0 Å². The molecule has 2 unspecified atom stereocenters. The smallest absolute Gasteiger partial charge is 0.0981 e. The zero-order valence-electron chi connectivity index (χ0n) is 11.5. The van der Waals surface area contributed by atoms with Crippen molar-refractivity contribution in [1.29, 1.82) is 0 Å². The summed E-state index contributed by atoms with van der Waals surface area (Å²) >= 11 is 0. The van der Waals surface area contributed by atoms with E-state index in [0.717, 1.165) is 5.57 Å². The lowest BCUT2D eigenvalue weighted by atomic mass is 9.68. The van der Waals surface area contributed by atoms with Crippen molar-refractivity contribution < 1.29 is 10.2 Å². The van der Waals surface area contributed by atoms with Crippen LogP contribution in [0, 0.1) is 11.3 Å². The van der Waals surface area contributed by atoms with Crippen molar-refractivity contribution in [2.75, 3.05) is 6.61 Å². The van der Waals surface area contributed by atoms with E-state index >= 15 is 0 Å². The Morgan fingerprint density at radius 2 is 2.18 bits per heavy atom. The van der Waals surface area contributed by atoms with E-state index in [9.17, 15) is 5.11 Å². The molecule has 0 amide bonds. The van der Waals surface area contributed by atoms with Gasteiger partial charge in [0.1, 0.15) is 0 Å². The molecule has 1 aliphatic carbocycles. The Morgan fingerprint density at radius 3 is 2.71 bits per heavy atom. The molecule has 0 saturated heterocycles. The molecule has 98 valence electrons. The molecule has 2 nitrogen and oxygen atoms in total. The molecule has 0 spiro atoms. The molecule has 0 heterocycles. The van der Waals surface area contributed by atoms with Crippen LogP contribution in [0.15, 0.2) is 23.3 Å². The van der Waals surface area contributed by atoms with Crippen molar-refractivity contribution in [2.45, 2.75) is 53.1 Å². The van der Waals surface area contributed by atoms with Crippen LogP contribution in [0.1, 0.15) is 47.0 Å². The van der Waals surface area contributed by atoms with Crippen LogP contribution < -0.4 is 0 Å². The van der Waals surface area contributed by atoms with Crippen molar-refractivity contribution in [1.82, 2.24) is 0 Å². The summed E-state index contributed by atoms with van der Waals surface area (Å²) in [6, 6.07) is 0. The van der Waals surface area contributed by atoms with Gasteiger partial charge < -0.3 is 10.2 Å². The third-order valence-electron chi connectivity index (χ3n) is 3.98. The summed E-state index contributed by atoms with van der Waals surface area (Å²) in [7, 11) is 0. The van der Waals surface area contributed by atoms with Gasteiger partial charge in [-0.2, -0.15) is 0 Å². The second-order valence-corrected chi connectivity index (χ2v) is 5.91. The molecule has 0 bridgehead atoms. The third kappa shape index (κ3) is 3.68. The monoisotopic (exact) mass is 238 g/mol. The summed E-state index contributed by atoms with van der Waals surface area (Å²) in [6.45, 7) is 8.52. The van der Waals surface area contributed by atoms with Crippen LogP contribution in [0.5, 0.6) is 0 Å². The van der Waals surface area contributed by atoms with Gasteiger partial charge in [0.05, 0.1) is 12.7 Å². The molecule has 2 heteroatoms. The van der Waals surface area contributed by atoms with Crippen molar-refractivity contribution in [2.24, 2.45) is 11.3 Å². The van der Waals surface area contributed by atoms with E-state index in [-0.39, 0.29) is 12.0 Å². The summed E-state index contributed by atoms with van der Waals surface area (Å²) < 4.78 is 0. The highest BCUT2D eigenvalue weighted by atomic mass is 16.3. The fourth-order valence-corrected chi connectivity index (χ4v) is 2.68. The fraction of sp³-hybridized carbons (Fsp3) is 0.733. The maximum absolute atomic E-state index is 9.50. The predicted molar refractivity (Wildman–Crippen MR) is 71.7 cm³/mol. The Labute approximate surface area is 105 Å². The summed E-state index contributed by atoms with van der Waals surface area (Å²) in [5.41, 5.74) is 2.56. The zero-order chi connectivity index (χ0) is 13.1. The zero-order valence-corrected chi connectivity index (χ0v) is 11.5. The first-order valence-electron chi connectivity index (χ1n) is 6.56. The molecular weight excluding hydrogens is 212 g/mol. The Bertz CT molecular complexity index is 313. The number of rotatable bonds is 3. The van der Waals surface area contributed by atoms with Crippen molar-refractivity contribution in [3.05, 3.63) is 23.3 Å². The average Bonchev–Trinajstić information content (AvgIpc) is 2.26. The van der Waals surface area contributed by atoms with Gasteiger partial charge >= 0.3 is 0 Å². The quantitative estimate of drug-likeness (QED) is 0.793. The van der Waals surface area contributed by atoms with Crippen molar-refractivity contribution in [3.63, 3.8) is 0 Å². The van der Waals surface area contributed by atoms with Gasteiger partial charge in [-0.25, -0.2) is 0 Å². The van der Waals surface area contributed by atoms with Crippen LogP contribution in [-0.4, -0.2) is 22.9 Å². The predicted octanol–water partition coefficient (Wildman–Crippen LogP) is 3.06. The van der Waals surface area contributed by atoms with Crippen LogP contribution in [0.2, 0.25) is 0 Å². The highest BCUT2D eigenvalue weighted by molar-refractivity contribution is 5.25. The molecule has 17 heavy (non-hydrogen) atoms. The molecule has 1 fully saturated rings. The van der Waals surface area contributed by atoms with E-state index in [1.54, 1.807) is 0 Å². The number of allylic oxidation sites excluding steroid dienone is 3. The van der Waals surface area contributed by atoms with Gasteiger partial charge in [-0.15, -0.1) is 0 Å². The minimum absolute atomic E-state index is 0.204. The van der Waals surface area contributed by atoms with E-state index in [0.29, 0.717) is 5.92 Å². The number of hydrogen-bond donors (Lipinski definition) is 2. The van der Waals surface area contributed by atoms with Gasteiger partial charge in [-0.1, -0.05) is 44.9 Å². The van der Waals surface area contributed by atoms with Gasteiger partial charge in [0.15, 0.2) is 0 Å². The SMILES string of the molecule is CC(=CC=C1C(C)CCCC1(C)C)C(O)CO. The second-order valence-electron chi connectivity index (χ2n) is 5.91. The highest BCUT2D eigenvalue weighted by Crippen LogP contribution is 2.43. The van der Waals surface area contributed by atoms with Gasteiger partial charge in [-0.05, 0) is 36.7 Å². The Hall–Kier alpha value is -0.600. The second kappa shape index (κ2) is 5.83. The average molecular weight is 238 g/mol. The van der Waals surface area contributed by atoms with Gasteiger partial charge in [0, 0.05) is 0 Å². The first-order valence-corrected chi connectivity index (χ1v) is 6.56. The van der Waals surface area contributed by atoms with Crippen LogP contribution in [-0.2, 0) is 0 Å². The summed E-state index contributed by atoms with van der Waals surface area (Å²) in [5.74, 6) is 0.620. The first kappa shape index (κ1) is 14.5. The molecule has 0 aromatic rings. The highest BCUT2D eigenvalue weighted by Gasteiger charge is 2.30. The molecule has 1 aliphatic rings. The van der Waals surface area contributed by atoms with Crippen LogP contribution in [0.4, 0.5) is 0 Å². The lowest BCUT2D eigenvalue weighted by molar-refractivity contribution is 0.122. The number of aliphatic hydroxyl groups excluding tert-OH is 2. The van der Waals surface area contributed by atoms with E-state index in [1.807, 2.05) is 13.0 Å². The van der Waals surface area contributed by atoms with Crippen LogP contribution in [0.3, 0.4) is 0 Å². The molecule has 1 saturated carbocycles. The number of aliphatic hydroxyl groups is 2. The molecule has 0 aliphatic heterocycles. The lowest BCUT2D eigenvalue weighted by Gasteiger charge is -2.37. The lowest BCUT2D eigenvalue weighted by Crippen LogP contribution is -2.24. The maximum Gasteiger partial charge on any atom is 0.0981 e. The summed E-state index contributed by atoms with van der Waals surface area (Å²) in [5, 5.41) is 18.4. The van der Waals surface area contributed by atoms with Crippen LogP contribution in [0.25, 0.3) is 0 Å². The fourth-order valence-electron chi connectivity index (χ4n) is 2.68. The van der Waals surface area contributed by atoms with E-state index in [2.05, 4.69) is 26.8 Å². The van der Waals surface area contributed by atoms with Crippen LogP contribution >= 0.6 is 0 Å². The first-order chi connectivity index (χ1) is 7.88. The standard InChI is InChI=1S/C15H26O2/c1-11-6-5-9-15(3,4)13(11)8-7-12(2)14(17)10-16/h7-8,11,14,16-17H,5-6,9-10H2,1-4H3. The Kier molecular flexibility index (Phi) is 4.96. The topological polar surface area (TPSA) is 40.5 Å². The minimum Gasteiger partial charge on any atom is -0.393 e. The van der Waals surface area contributed by atoms with Gasteiger partial charge in [0.25, 0.3) is 0 Å². The molecular formula is C15H26O2. The largest absolute Gasteiger partial charge is 0.393 e. The molecule has 2 N–H and O–H groups in total. The molecule has 0 aromatic heterocycles. The molecule has 1 rings (SSSR count). The molecule has 2 atom stereocenters. The summed E-state index contributed by atoms with van der Waals surface area (Å²) in [6.07, 6.45) is 7.17. The van der Waals surface area contributed by atoms with Crippen molar-refractivity contribution >= 4 is 0 Å². The maximum atomic E-state index is 9.50. The minimum atomic E-state index is -0.728. The van der Waals surface area contributed by atoms with E-state index in [1.165, 1.54) is 24.8 Å². The van der Waals surface area contributed by atoms with Gasteiger partial charge in [-0.3, -0.25) is 0 Å². The third-order valence-corrected chi connectivity index (χ3v) is 3.98. The molecule has 0 aromatic carbocycles. The number of hydrogen-bond acceptors (Lipinski definition) is 2. The Morgan fingerprint density at radius 1 is 1.53 bits per heavy atom. The van der Waals surface area contributed by atoms with E-state index in [4.69, 9.17) is 5.11 Å². The van der Waals surface area contributed by atoms with Gasteiger partial charge in [0.2, 0.25) is 0 Å². The Balaban J connectivity index is 2.88. The summed E-state index contributed by atoms with van der Waals surface area (Å²) in [4.78, 5) is 0.